The number of rotatable bonds is 6. The van der Waals surface area contributed by atoms with Gasteiger partial charge in [0.05, 0.1) is 22.8 Å². The number of allylic oxidation sites excluding steroid dienone is 4. The lowest BCUT2D eigenvalue weighted by Gasteiger charge is -2.59. The van der Waals surface area contributed by atoms with Crippen LogP contribution in [0.25, 0.3) is 0 Å². The molecule has 0 radical (unpaired) electrons. The van der Waals surface area contributed by atoms with Crippen molar-refractivity contribution in [2.45, 2.75) is 70.2 Å². The lowest BCUT2D eigenvalue weighted by Crippen LogP contribution is -2.63. The Balaban J connectivity index is 1.23. The summed E-state index contributed by atoms with van der Waals surface area (Å²) in [6.07, 6.45) is 5.24. The summed E-state index contributed by atoms with van der Waals surface area (Å²) in [7, 11) is 0. The zero-order valence-corrected chi connectivity index (χ0v) is 25.6. The summed E-state index contributed by atoms with van der Waals surface area (Å²) >= 11 is 6.74. The van der Waals surface area contributed by atoms with E-state index in [0.717, 1.165) is 24.0 Å². The van der Waals surface area contributed by atoms with Crippen LogP contribution in [0.3, 0.4) is 0 Å². The first-order chi connectivity index (χ1) is 21.0. The number of nitrogen functional groups attached to an aromatic ring is 1. The minimum absolute atomic E-state index is 0.00717. The molecule has 8 nitrogen and oxygen atoms in total. The molecule has 4 aliphatic carbocycles. The van der Waals surface area contributed by atoms with Crippen LogP contribution in [0.4, 0.5) is 5.69 Å². The van der Waals surface area contributed by atoms with Crippen molar-refractivity contribution < 1.29 is 34.0 Å². The molecule has 4 fully saturated rings. The Labute approximate surface area is 261 Å². The van der Waals surface area contributed by atoms with E-state index in [9.17, 15) is 19.8 Å². The molecule has 9 heteroatoms. The zero-order chi connectivity index (χ0) is 31.0. The molecule has 1 saturated heterocycles. The largest absolute Gasteiger partial charge is 0.488 e. The molecule has 5 aliphatic rings. The van der Waals surface area contributed by atoms with E-state index in [0.29, 0.717) is 34.9 Å². The minimum atomic E-state index is -1.48. The zero-order valence-electron chi connectivity index (χ0n) is 24.9. The second kappa shape index (κ2) is 10.5. The summed E-state index contributed by atoms with van der Waals surface area (Å²) < 4.78 is 19.6. The fourth-order valence-electron chi connectivity index (χ4n) is 9.53. The van der Waals surface area contributed by atoms with Crippen LogP contribution < -0.4 is 10.5 Å². The summed E-state index contributed by atoms with van der Waals surface area (Å²) in [4.78, 5) is 26.1. The number of hydrogen-bond acceptors (Lipinski definition) is 8. The van der Waals surface area contributed by atoms with Crippen LogP contribution in [0, 0.1) is 28.6 Å². The summed E-state index contributed by atoms with van der Waals surface area (Å²) in [5.41, 5.74) is 6.25. The third kappa shape index (κ3) is 4.18. The molecule has 0 bridgehead atoms. The van der Waals surface area contributed by atoms with E-state index in [2.05, 4.69) is 6.92 Å². The van der Waals surface area contributed by atoms with Crippen LogP contribution in [0.15, 0.2) is 66.3 Å². The van der Waals surface area contributed by atoms with Gasteiger partial charge in [-0.3, -0.25) is 9.59 Å². The Kier molecular flexibility index (Phi) is 7.10. The van der Waals surface area contributed by atoms with E-state index in [-0.39, 0.29) is 30.1 Å². The first kappa shape index (κ1) is 29.7. The number of benzene rings is 2. The van der Waals surface area contributed by atoms with E-state index in [1.807, 2.05) is 31.2 Å². The Morgan fingerprint density at radius 1 is 1.20 bits per heavy atom. The molecule has 0 aromatic heterocycles. The highest BCUT2D eigenvalue weighted by molar-refractivity contribution is 6.31. The maximum absolute atomic E-state index is 13.9. The van der Waals surface area contributed by atoms with Gasteiger partial charge in [0.2, 0.25) is 0 Å². The van der Waals surface area contributed by atoms with Crippen LogP contribution in [-0.4, -0.2) is 46.2 Å². The van der Waals surface area contributed by atoms with Gasteiger partial charge >= 0.3 is 0 Å². The van der Waals surface area contributed by atoms with Crippen LogP contribution in [0.2, 0.25) is 5.02 Å². The molecule has 1 heterocycles. The van der Waals surface area contributed by atoms with Gasteiger partial charge in [0.25, 0.3) is 0 Å². The topological polar surface area (TPSA) is 128 Å². The minimum Gasteiger partial charge on any atom is -0.488 e. The molecule has 7 rings (SSSR count). The van der Waals surface area contributed by atoms with Crippen molar-refractivity contribution in [3.8, 4) is 5.75 Å². The Morgan fingerprint density at radius 2 is 2.00 bits per heavy atom. The summed E-state index contributed by atoms with van der Waals surface area (Å²) in [5.74, 6) is -0.0667. The fraction of sp³-hybridized carbons (Fsp3) is 0.486. The molecule has 1 aliphatic heterocycles. The molecule has 2 aromatic rings. The van der Waals surface area contributed by atoms with Gasteiger partial charge in [-0.2, -0.15) is 0 Å². The molecule has 3 saturated carbocycles. The number of nitrogens with two attached hydrogens (primary N) is 1. The molecule has 4 N–H and O–H groups in total. The van der Waals surface area contributed by atoms with Crippen LogP contribution >= 0.6 is 11.6 Å². The van der Waals surface area contributed by atoms with Gasteiger partial charge in [0.15, 0.2) is 23.5 Å². The predicted molar refractivity (Wildman–Crippen MR) is 164 cm³/mol. The maximum atomic E-state index is 13.9. The fourth-order valence-corrected chi connectivity index (χ4v) is 9.79. The Hall–Kier alpha value is -3.01. The van der Waals surface area contributed by atoms with Crippen molar-refractivity contribution in [2.24, 2.45) is 28.6 Å². The molecule has 0 amide bonds. The average Bonchev–Trinajstić information content (AvgIpc) is 3.48. The van der Waals surface area contributed by atoms with E-state index in [4.69, 9.17) is 31.5 Å². The highest BCUT2D eigenvalue weighted by Gasteiger charge is 2.76. The molecular weight excluding hydrogens is 582 g/mol. The van der Waals surface area contributed by atoms with Gasteiger partial charge in [0.1, 0.15) is 19.0 Å². The first-order valence-corrected chi connectivity index (χ1v) is 15.7. The lowest BCUT2D eigenvalue weighted by molar-refractivity contribution is -0.201. The number of halogens is 1. The van der Waals surface area contributed by atoms with Crippen LogP contribution in [0.1, 0.15) is 56.9 Å². The number of ether oxygens (including phenoxy) is 3. The smallest absolute Gasteiger partial charge is 0.193 e. The summed E-state index contributed by atoms with van der Waals surface area (Å²) in [6, 6.07) is 12.7. The Bertz CT molecular complexity index is 1590. The van der Waals surface area contributed by atoms with E-state index >= 15 is 0 Å². The van der Waals surface area contributed by atoms with Crippen molar-refractivity contribution in [3.63, 3.8) is 0 Å². The Morgan fingerprint density at radius 3 is 2.77 bits per heavy atom. The number of hydrogen-bond donors (Lipinski definition) is 3. The van der Waals surface area contributed by atoms with Crippen molar-refractivity contribution in [3.05, 3.63) is 82.4 Å². The lowest BCUT2D eigenvalue weighted by atomic mass is 9.46. The quantitative estimate of drug-likeness (QED) is 0.381. The second-order valence-corrected chi connectivity index (χ2v) is 13.9. The SMILES string of the molecule is C[C@]12C=CC(=O)C=C1CC[C@@H]1[C@@H]2[C@@H](O)C[C@@]2(C)[C@H]1C[C@H]1O[C@H](c3c(Cl)cccc3OCc3cccc(N)c3)O[C@]12C(=O)CO. The van der Waals surface area contributed by atoms with Gasteiger partial charge in [-0.15, -0.1) is 0 Å². The number of aliphatic hydroxyl groups excluding tert-OH is 2. The average molecular weight is 620 g/mol. The third-order valence-electron chi connectivity index (χ3n) is 11.4. The molecule has 0 spiro atoms. The molecule has 44 heavy (non-hydrogen) atoms. The molecular formula is C35H38ClNO7. The van der Waals surface area contributed by atoms with Gasteiger partial charge in [0, 0.05) is 22.4 Å². The number of anilines is 1. The number of carbonyl (C=O) groups is 2. The van der Waals surface area contributed by atoms with Gasteiger partial charge < -0.3 is 30.2 Å². The number of fused-ring (bicyclic) bond motifs is 7. The number of ketones is 2. The monoisotopic (exact) mass is 619 g/mol. The van der Waals surface area contributed by atoms with Crippen molar-refractivity contribution in [2.75, 3.05) is 12.3 Å². The highest BCUT2D eigenvalue weighted by atomic mass is 35.5. The van der Waals surface area contributed by atoms with Crippen LogP contribution in [0.5, 0.6) is 5.75 Å². The van der Waals surface area contributed by atoms with Crippen LogP contribution in [-0.2, 0) is 25.7 Å². The summed E-state index contributed by atoms with van der Waals surface area (Å²) in [5, 5.41) is 22.6. The first-order valence-electron chi connectivity index (χ1n) is 15.4. The standard InChI is InChI=1S/C35H38ClNO7/c1-33-12-11-22(39)14-20(33)9-10-23-24-15-29-35(28(41)17-38,34(24,2)16-26(40)31(23)33)44-32(43-29)30-25(36)7-4-8-27(30)42-18-19-5-3-6-21(37)13-19/h3-8,11-14,23-24,26,29,31-32,38,40H,9-10,15-18,37H2,1-2H3/t23-,24-,26-,29+,31+,32-,33-,34-,35+/m0/s1. The van der Waals surface area contributed by atoms with Gasteiger partial charge in [-0.05, 0) is 79.5 Å². The van der Waals surface area contributed by atoms with Crippen molar-refractivity contribution in [1.29, 1.82) is 0 Å². The predicted octanol–water partition coefficient (Wildman–Crippen LogP) is 5.10. The summed E-state index contributed by atoms with van der Waals surface area (Å²) in [6.45, 7) is 3.64. The molecule has 2 aromatic carbocycles. The third-order valence-corrected chi connectivity index (χ3v) is 11.7. The molecule has 9 atom stereocenters. The van der Waals surface area contributed by atoms with E-state index in [1.165, 1.54) is 0 Å². The maximum Gasteiger partial charge on any atom is 0.193 e. The normalized spacial score (nSPS) is 38.8. The molecule has 232 valence electrons. The van der Waals surface area contributed by atoms with E-state index < -0.39 is 47.3 Å². The van der Waals surface area contributed by atoms with E-state index in [1.54, 1.807) is 36.4 Å². The number of aliphatic hydroxyl groups is 2. The number of Topliss-reactive ketones (excluding diaryl/α,β-unsaturated/α-hetero) is 1. The van der Waals surface area contributed by atoms with Gasteiger partial charge in [-0.1, -0.05) is 55.3 Å². The molecule has 0 unspecified atom stereocenters. The number of carbonyl (C=O) groups excluding carboxylic acids is 2. The highest BCUT2D eigenvalue weighted by Crippen LogP contribution is 2.70. The second-order valence-electron chi connectivity index (χ2n) is 13.5. The van der Waals surface area contributed by atoms with Crippen molar-refractivity contribution >= 4 is 28.9 Å². The van der Waals surface area contributed by atoms with Gasteiger partial charge in [-0.25, -0.2) is 0 Å². The van der Waals surface area contributed by atoms with Crippen molar-refractivity contribution in [1.82, 2.24) is 0 Å².